The van der Waals surface area contributed by atoms with Crippen molar-refractivity contribution in [3.63, 3.8) is 0 Å². The van der Waals surface area contributed by atoms with Crippen molar-refractivity contribution in [1.29, 1.82) is 0 Å². The number of imidazole rings is 1. The lowest BCUT2D eigenvalue weighted by Gasteiger charge is -2.10. The number of carbonyl (C=O) groups excluding carboxylic acids is 1. The van der Waals surface area contributed by atoms with E-state index < -0.39 is 0 Å². The first kappa shape index (κ1) is 11.0. The van der Waals surface area contributed by atoms with Crippen molar-refractivity contribution >= 4 is 23.2 Å². The van der Waals surface area contributed by atoms with Crippen LogP contribution in [0.4, 0.5) is 0 Å². The molecule has 0 radical (unpaired) electrons. The number of amides is 1. The van der Waals surface area contributed by atoms with E-state index in [0.717, 1.165) is 5.65 Å². The highest BCUT2D eigenvalue weighted by molar-refractivity contribution is 6.30. The predicted octanol–water partition coefficient (Wildman–Crippen LogP) is 2.00. The van der Waals surface area contributed by atoms with E-state index in [1.54, 1.807) is 36.8 Å². The molecular formula is C11H12ClN3O. The van der Waals surface area contributed by atoms with Crippen molar-refractivity contribution in [3.8, 4) is 0 Å². The van der Waals surface area contributed by atoms with Gasteiger partial charge in [0, 0.05) is 20.3 Å². The molecule has 0 unspecified atom stereocenters. The Hall–Kier alpha value is -1.55. The van der Waals surface area contributed by atoms with Gasteiger partial charge in [-0.05, 0) is 19.1 Å². The van der Waals surface area contributed by atoms with Gasteiger partial charge in [-0.2, -0.15) is 0 Å². The Morgan fingerprint density at radius 2 is 2.12 bits per heavy atom. The molecule has 0 aliphatic carbocycles. The Bertz CT molecular complexity index is 560. The first-order valence-corrected chi connectivity index (χ1v) is 5.24. The first-order valence-electron chi connectivity index (χ1n) is 4.86. The van der Waals surface area contributed by atoms with E-state index in [2.05, 4.69) is 4.98 Å². The van der Waals surface area contributed by atoms with E-state index in [1.165, 1.54) is 4.90 Å². The predicted molar refractivity (Wildman–Crippen MR) is 63.0 cm³/mol. The minimum atomic E-state index is -0.0766. The molecule has 0 N–H and O–H groups in total. The molecule has 0 aliphatic rings. The number of aromatic nitrogens is 2. The molecule has 16 heavy (non-hydrogen) atoms. The van der Waals surface area contributed by atoms with Gasteiger partial charge in [-0.1, -0.05) is 11.6 Å². The smallest absolute Gasteiger partial charge is 0.272 e. The maximum absolute atomic E-state index is 12.0. The molecule has 2 aromatic rings. The van der Waals surface area contributed by atoms with Crippen LogP contribution in [-0.4, -0.2) is 34.3 Å². The third-order valence-electron chi connectivity index (χ3n) is 2.37. The molecule has 0 spiro atoms. The summed E-state index contributed by atoms with van der Waals surface area (Å²) >= 11 is 5.91. The number of halogens is 1. The van der Waals surface area contributed by atoms with Crippen LogP contribution < -0.4 is 0 Å². The molecule has 84 valence electrons. The Morgan fingerprint density at radius 3 is 2.75 bits per heavy atom. The van der Waals surface area contributed by atoms with Crippen molar-refractivity contribution in [2.75, 3.05) is 14.1 Å². The lowest BCUT2D eigenvalue weighted by molar-refractivity contribution is 0.0820. The fourth-order valence-electron chi connectivity index (χ4n) is 1.61. The molecule has 0 saturated heterocycles. The van der Waals surface area contributed by atoms with Crippen LogP contribution in [0.3, 0.4) is 0 Å². The van der Waals surface area contributed by atoms with Crippen molar-refractivity contribution in [1.82, 2.24) is 14.3 Å². The van der Waals surface area contributed by atoms with Crippen LogP contribution in [-0.2, 0) is 0 Å². The van der Waals surface area contributed by atoms with Gasteiger partial charge >= 0.3 is 0 Å². The van der Waals surface area contributed by atoms with E-state index in [-0.39, 0.29) is 5.91 Å². The zero-order valence-electron chi connectivity index (χ0n) is 9.36. The maximum Gasteiger partial charge on any atom is 0.272 e. The second kappa shape index (κ2) is 3.79. The Kier molecular flexibility index (Phi) is 2.59. The fraction of sp³-hybridized carbons (Fsp3) is 0.273. The van der Waals surface area contributed by atoms with E-state index in [0.29, 0.717) is 16.4 Å². The van der Waals surface area contributed by atoms with Crippen molar-refractivity contribution < 1.29 is 4.79 Å². The third-order valence-corrected chi connectivity index (χ3v) is 2.59. The normalized spacial score (nSPS) is 10.8. The minimum absolute atomic E-state index is 0.0766. The van der Waals surface area contributed by atoms with E-state index >= 15 is 0 Å². The summed E-state index contributed by atoms with van der Waals surface area (Å²) in [5, 5.41) is 0.581. The van der Waals surface area contributed by atoms with Crippen molar-refractivity contribution in [3.05, 3.63) is 34.7 Å². The number of carbonyl (C=O) groups is 1. The van der Waals surface area contributed by atoms with Gasteiger partial charge in [0.2, 0.25) is 0 Å². The van der Waals surface area contributed by atoms with Crippen molar-refractivity contribution in [2.45, 2.75) is 6.92 Å². The summed E-state index contributed by atoms with van der Waals surface area (Å²) in [5.41, 5.74) is 2.00. The summed E-state index contributed by atoms with van der Waals surface area (Å²) in [5.74, 6) is -0.0766. The number of hydrogen-bond acceptors (Lipinski definition) is 2. The molecule has 0 saturated carbocycles. The number of nitrogens with zero attached hydrogens (tertiary/aromatic N) is 3. The summed E-state index contributed by atoms with van der Waals surface area (Å²) < 4.78 is 1.72. The van der Waals surface area contributed by atoms with Gasteiger partial charge in [-0.25, -0.2) is 4.98 Å². The van der Waals surface area contributed by atoms with Gasteiger partial charge in [0.25, 0.3) is 5.91 Å². The highest BCUT2D eigenvalue weighted by Crippen LogP contribution is 2.17. The highest BCUT2D eigenvalue weighted by Gasteiger charge is 2.17. The highest BCUT2D eigenvalue weighted by atomic mass is 35.5. The van der Waals surface area contributed by atoms with Crippen LogP contribution in [0.5, 0.6) is 0 Å². The van der Waals surface area contributed by atoms with Crippen molar-refractivity contribution in [2.24, 2.45) is 0 Å². The quantitative estimate of drug-likeness (QED) is 0.761. The Labute approximate surface area is 98.5 Å². The molecule has 1 amide bonds. The Morgan fingerprint density at radius 1 is 1.44 bits per heavy atom. The number of hydrogen-bond donors (Lipinski definition) is 0. The number of aryl methyl sites for hydroxylation is 1. The average Bonchev–Trinajstić information content (AvgIpc) is 2.52. The van der Waals surface area contributed by atoms with E-state index in [1.807, 2.05) is 6.92 Å². The van der Waals surface area contributed by atoms with E-state index in [4.69, 9.17) is 11.6 Å². The van der Waals surface area contributed by atoms with Crippen LogP contribution in [0.2, 0.25) is 5.02 Å². The molecule has 0 aliphatic heterocycles. The second-order valence-electron chi connectivity index (χ2n) is 3.82. The van der Waals surface area contributed by atoms with Gasteiger partial charge in [-0.15, -0.1) is 0 Å². The molecule has 0 fully saturated rings. The Balaban J connectivity index is 2.72. The lowest BCUT2D eigenvalue weighted by atomic mass is 10.3. The SMILES string of the molecule is Cc1nc2ccc(Cl)cn2c1C(=O)N(C)C. The lowest BCUT2D eigenvalue weighted by Crippen LogP contribution is -2.23. The number of rotatable bonds is 1. The van der Waals surface area contributed by atoms with Gasteiger partial charge in [0.1, 0.15) is 11.3 Å². The fourth-order valence-corrected chi connectivity index (χ4v) is 1.77. The van der Waals surface area contributed by atoms with Gasteiger partial charge in [0.15, 0.2) is 0 Å². The molecule has 0 aromatic carbocycles. The minimum Gasteiger partial charge on any atom is -0.343 e. The molecule has 4 nitrogen and oxygen atoms in total. The molecule has 2 heterocycles. The van der Waals surface area contributed by atoms with Gasteiger partial charge in [-0.3, -0.25) is 9.20 Å². The zero-order chi connectivity index (χ0) is 11.9. The second-order valence-corrected chi connectivity index (χ2v) is 4.26. The zero-order valence-corrected chi connectivity index (χ0v) is 10.1. The summed E-state index contributed by atoms with van der Waals surface area (Å²) in [6.07, 6.45) is 1.70. The maximum atomic E-state index is 12.0. The summed E-state index contributed by atoms with van der Waals surface area (Å²) in [4.78, 5) is 17.8. The summed E-state index contributed by atoms with van der Waals surface area (Å²) in [7, 11) is 3.43. The summed E-state index contributed by atoms with van der Waals surface area (Å²) in [6.45, 7) is 1.82. The van der Waals surface area contributed by atoms with Crippen LogP contribution in [0.15, 0.2) is 18.3 Å². The molecule has 2 aromatic heterocycles. The largest absolute Gasteiger partial charge is 0.343 e. The molecular weight excluding hydrogens is 226 g/mol. The molecule has 5 heteroatoms. The topological polar surface area (TPSA) is 37.6 Å². The number of fused-ring (bicyclic) bond motifs is 1. The van der Waals surface area contributed by atoms with Crippen LogP contribution in [0.25, 0.3) is 5.65 Å². The van der Waals surface area contributed by atoms with Gasteiger partial charge < -0.3 is 4.90 Å². The monoisotopic (exact) mass is 237 g/mol. The van der Waals surface area contributed by atoms with Gasteiger partial charge in [0.05, 0.1) is 10.7 Å². The molecule has 2 rings (SSSR count). The van der Waals surface area contributed by atoms with E-state index in [9.17, 15) is 4.79 Å². The molecule has 0 bridgehead atoms. The van der Waals surface area contributed by atoms with Crippen LogP contribution >= 0.6 is 11.6 Å². The average molecular weight is 238 g/mol. The van der Waals surface area contributed by atoms with Crippen LogP contribution in [0.1, 0.15) is 16.2 Å². The number of pyridine rings is 1. The standard InChI is InChI=1S/C11H12ClN3O/c1-7-10(11(16)14(2)3)15-6-8(12)4-5-9(15)13-7/h4-6H,1-3H3. The molecule has 0 atom stereocenters. The first-order chi connectivity index (χ1) is 7.50. The summed E-state index contributed by atoms with van der Waals surface area (Å²) in [6, 6.07) is 3.55. The van der Waals surface area contributed by atoms with Crippen LogP contribution in [0, 0.1) is 6.92 Å². The third kappa shape index (κ3) is 1.65.